The number of hydrogen-bond acceptors (Lipinski definition) is 6. The molecular weight excluding hydrogens is 252 g/mol. The molecule has 0 saturated carbocycles. The summed E-state index contributed by atoms with van der Waals surface area (Å²) in [4.78, 5) is 14.8. The summed E-state index contributed by atoms with van der Waals surface area (Å²) >= 11 is 0. The van der Waals surface area contributed by atoms with E-state index in [0.29, 0.717) is 4.57 Å². The van der Waals surface area contributed by atoms with E-state index in [1.807, 2.05) is 0 Å². The summed E-state index contributed by atoms with van der Waals surface area (Å²) in [7, 11) is 1.11. The summed E-state index contributed by atoms with van der Waals surface area (Å²) < 4.78 is 37.4. The molecule has 0 aromatic carbocycles. The lowest BCUT2D eigenvalue weighted by Gasteiger charge is -2.20. The molecule has 1 saturated heterocycles. The van der Waals surface area contributed by atoms with Gasteiger partial charge in [0.2, 0.25) is 6.23 Å². The minimum atomic E-state index is -3.68. The van der Waals surface area contributed by atoms with Crippen molar-refractivity contribution in [3.8, 4) is 0 Å². The fourth-order valence-electron chi connectivity index (χ4n) is 1.66. The summed E-state index contributed by atoms with van der Waals surface area (Å²) in [5.41, 5.74) is 4.25. The molecule has 2 heterocycles. The number of methoxy groups -OCH3 is 1. The Bertz CT molecular complexity index is 507. The van der Waals surface area contributed by atoms with Crippen molar-refractivity contribution in [3.05, 3.63) is 22.7 Å². The second kappa shape index (κ2) is 4.26. The topological polar surface area (TPSA) is 99.6 Å². The molecule has 100 valence electrons. The van der Waals surface area contributed by atoms with E-state index >= 15 is 0 Å². The SMILES string of the molecule is CO[C@H]1O[C@@H](n2ccc(N)nc2=O)C(F)(F)[C@H]1O. The average Bonchev–Trinajstić information content (AvgIpc) is 2.52. The van der Waals surface area contributed by atoms with Gasteiger partial charge in [-0.1, -0.05) is 0 Å². The molecule has 7 nitrogen and oxygen atoms in total. The maximum atomic E-state index is 13.7. The van der Waals surface area contributed by atoms with Gasteiger partial charge < -0.3 is 20.3 Å². The van der Waals surface area contributed by atoms with Crippen LogP contribution in [0.15, 0.2) is 17.1 Å². The number of nitrogens with two attached hydrogens (primary N) is 1. The second-order valence-electron chi connectivity index (χ2n) is 3.75. The van der Waals surface area contributed by atoms with Crippen LogP contribution in [0.5, 0.6) is 0 Å². The van der Waals surface area contributed by atoms with E-state index in [9.17, 15) is 18.7 Å². The quantitative estimate of drug-likeness (QED) is 0.733. The van der Waals surface area contributed by atoms with E-state index in [1.165, 1.54) is 6.07 Å². The van der Waals surface area contributed by atoms with E-state index in [1.54, 1.807) is 0 Å². The van der Waals surface area contributed by atoms with Crippen molar-refractivity contribution in [2.24, 2.45) is 0 Å². The zero-order valence-corrected chi connectivity index (χ0v) is 9.29. The molecule has 0 amide bonds. The monoisotopic (exact) mass is 263 g/mol. The molecule has 9 heteroatoms. The van der Waals surface area contributed by atoms with Crippen molar-refractivity contribution in [1.29, 1.82) is 0 Å². The van der Waals surface area contributed by atoms with Gasteiger partial charge in [0.05, 0.1) is 0 Å². The molecule has 3 N–H and O–H groups in total. The Labute approximate surface area is 99.8 Å². The van der Waals surface area contributed by atoms with Crippen molar-refractivity contribution in [1.82, 2.24) is 9.55 Å². The van der Waals surface area contributed by atoms with Gasteiger partial charge in [-0.25, -0.2) is 4.79 Å². The number of anilines is 1. The third-order valence-electron chi connectivity index (χ3n) is 2.58. The van der Waals surface area contributed by atoms with Crippen LogP contribution in [0.4, 0.5) is 14.6 Å². The van der Waals surface area contributed by atoms with E-state index < -0.39 is 30.2 Å². The maximum absolute atomic E-state index is 13.7. The first-order valence-electron chi connectivity index (χ1n) is 4.96. The standard InChI is InChI=1S/C9H11F2N3O4/c1-17-6-5(15)9(10,11)7(18-6)14-3-2-4(12)13-8(14)16/h2-3,5-7,15H,1H3,(H2,12,13,16)/t5-,6-,7+/m0/s1. The fraction of sp³-hybridized carbons (Fsp3) is 0.556. The van der Waals surface area contributed by atoms with E-state index in [0.717, 1.165) is 13.3 Å². The lowest BCUT2D eigenvalue weighted by atomic mass is 10.2. The first kappa shape index (κ1) is 12.9. The molecule has 0 spiro atoms. The number of hydrogen-bond donors (Lipinski definition) is 2. The fourth-order valence-corrected chi connectivity index (χ4v) is 1.66. The molecule has 1 aliphatic heterocycles. The van der Waals surface area contributed by atoms with Gasteiger partial charge in [-0.2, -0.15) is 13.8 Å². The van der Waals surface area contributed by atoms with E-state index in [2.05, 4.69) is 9.72 Å². The molecule has 0 aliphatic carbocycles. The highest BCUT2D eigenvalue weighted by Crippen LogP contribution is 2.42. The number of aromatic nitrogens is 2. The number of nitrogen functional groups attached to an aromatic ring is 1. The summed E-state index contributed by atoms with van der Waals surface area (Å²) in [5, 5.41) is 9.33. The highest BCUT2D eigenvalue weighted by Gasteiger charge is 2.60. The van der Waals surface area contributed by atoms with Gasteiger partial charge in [0, 0.05) is 13.3 Å². The number of ether oxygens (including phenoxy) is 2. The molecule has 1 aromatic rings. The highest BCUT2D eigenvalue weighted by atomic mass is 19.3. The largest absolute Gasteiger partial charge is 0.383 e. The van der Waals surface area contributed by atoms with Crippen LogP contribution in [-0.2, 0) is 9.47 Å². The smallest absolute Gasteiger partial charge is 0.351 e. The van der Waals surface area contributed by atoms with Gasteiger partial charge in [0.25, 0.3) is 0 Å². The molecule has 2 rings (SSSR count). The number of rotatable bonds is 2. The normalized spacial score (nSPS) is 30.6. The van der Waals surface area contributed by atoms with Crippen molar-refractivity contribution in [3.63, 3.8) is 0 Å². The first-order chi connectivity index (χ1) is 8.37. The van der Waals surface area contributed by atoms with Crippen LogP contribution in [-0.4, -0.2) is 40.1 Å². The average molecular weight is 263 g/mol. The van der Waals surface area contributed by atoms with Gasteiger partial charge >= 0.3 is 11.6 Å². The van der Waals surface area contributed by atoms with Crippen molar-refractivity contribution >= 4 is 5.82 Å². The summed E-state index contributed by atoms with van der Waals surface area (Å²) in [6.07, 6.45) is -4.65. The lowest BCUT2D eigenvalue weighted by Crippen LogP contribution is -2.41. The van der Waals surface area contributed by atoms with Crippen LogP contribution < -0.4 is 11.4 Å². The van der Waals surface area contributed by atoms with Crippen LogP contribution in [0.3, 0.4) is 0 Å². The van der Waals surface area contributed by atoms with Gasteiger partial charge in [-0.15, -0.1) is 0 Å². The van der Waals surface area contributed by atoms with E-state index in [4.69, 9.17) is 10.5 Å². The van der Waals surface area contributed by atoms with Crippen molar-refractivity contribution < 1.29 is 23.4 Å². The third kappa shape index (κ3) is 1.85. The second-order valence-corrected chi connectivity index (χ2v) is 3.75. The van der Waals surface area contributed by atoms with Crippen LogP contribution in [0.2, 0.25) is 0 Å². The van der Waals surface area contributed by atoms with Gasteiger partial charge in [-0.05, 0) is 6.07 Å². The Morgan fingerprint density at radius 2 is 2.33 bits per heavy atom. The Morgan fingerprint density at radius 1 is 1.67 bits per heavy atom. The number of halogens is 2. The predicted octanol–water partition coefficient (Wildman–Crippen LogP) is -0.677. The highest BCUT2D eigenvalue weighted by molar-refractivity contribution is 5.23. The number of aliphatic hydroxyl groups is 1. The van der Waals surface area contributed by atoms with Crippen molar-refractivity contribution in [2.75, 3.05) is 12.8 Å². The van der Waals surface area contributed by atoms with Crippen LogP contribution in [0.25, 0.3) is 0 Å². The van der Waals surface area contributed by atoms with Crippen LogP contribution >= 0.6 is 0 Å². The van der Waals surface area contributed by atoms with Gasteiger partial charge in [0.15, 0.2) is 12.4 Å². The summed E-state index contributed by atoms with van der Waals surface area (Å²) in [6, 6.07) is 1.17. The number of alkyl halides is 2. The number of aliphatic hydroxyl groups excluding tert-OH is 1. The maximum Gasteiger partial charge on any atom is 0.351 e. The van der Waals surface area contributed by atoms with Crippen LogP contribution in [0.1, 0.15) is 6.23 Å². The molecule has 0 unspecified atom stereocenters. The zero-order chi connectivity index (χ0) is 13.5. The third-order valence-corrected chi connectivity index (χ3v) is 2.58. The zero-order valence-electron chi connectivity index (χ0n) is 9.29. The summed E-state index contributed by atoms with van der Waals surface area (Å²) in [6.45, 7) is 0. The van der Waals surface area contributed by atoms with Crippen molar-refractivity contribution in [2.45, 2.75) is 24.5 Å². The Morgan fingerprint density at radius 3 is 2.83 bits per heavy atom. The Balaban J connectivity index is 2.42. The first-order valence-corrected chi connectivity index (χ1v) is 4.96. The molecule has 1 fully saturated rings. The summed E-state index contributed by atoms with van der Waals surface area (Å²) in [5.74, 6) is -3.77. The minimum Gasteiger partial charge on any atom is -0.383 e. The number of nitrogens with zero attached hydrogens (tertiary/aromatic N) is 2. The molecule has 3 atom stereocenters. The molecule has 18 heavy (non-hydrogen) atoms. The molecule has 0 radical (unpaired) electrons. The molecule has 1 aliphatic rings. The van der Waals surface area contributed by atoms with E-state index in [-0.39, 0.29) is 5.82 Å². The minimum absolute atomic E-state index is 0.0959. The molecule has 0 bridgehead atoms. The lowest BCUT2D eigenvalue weighted by molar-refractivity contribution is -0.163. The van der Waals surface area contributed by atoms with Gasteiger partial charge in [-0.3, -0.25) is 4.57 Å². The van der Waals surface area contributed by atoms with Gasteiger partial charge in [0.1, 0.15) is 5.82 Å². The molecular formula is C9H11F2N3O4. The predicted molar refractivity (Wildman–Crippen MR) is 54.8 cm³/mol. The Hall–Kier alpha value is -1.58. The Kier molecular flexibility index (Phi) is 3.05. The molecule has 1 aromatic heterocycles. The van der Waals surface area contributed by atoms with Crippen LogP contribution in [0, 0.1) is 0 Å².